The molecule has 7 aromatic carbocycles. The predicted molar refractivity (Wildman–Crippen MR) is 597 cm³/mol. The van der Waals surface area contributed by atoms with Crippen molar-refractivity contribution in [3.63, 3.8) is 0 Å². The summed E-state index contributed by atoms with van der Waals surface area (Å²) in [7, 11) is 0. The van der Waals surface area contributed by atoms with Crippen LogP contribution in [0.4, 0.5) is 45.5 Å². The number of hydrogen-bond donors (Lipinski definition) is 2. The highest BCUT2D eigenvalue weighted by Gasteiger charge is 2.47. The lowest BCUT2D eigenvalue weighted by atomic mass is 10.0. The number of carbonyl (C=O) groups excluding carboxylic acids is 10. The van der Waals surface area contributed by atoms with E-state index in [0.29, 0.717) is 123 Å². The summed E-state index contributed by atoms with van der Waals surface area (Å²) in [5.74, 6) is 0.205. The fourth-order valence-electron chi connectivity index (χ4n) is 18.1. The van der Waals surface area contributed by atoms with Crippen LogP contribution in [-0.4, -0.2) is 237 Å². The van der Waals surface area contributed by atoms with E-state index in [1.165, 1.54) is 62.9 Å². The highest BCUT2D eigenvalue weighted by Crippen LogP contribution is 2.44. The van der Waals surface area contributed by atoms with E-state index in [1.807, 2.05) is 244 Å². The van der Waals surface area contributed by atoms with Gasteiger partial charge in [-0.2, -0.15) is 13.2 Å². The molecule has 40 heteroatoms. The van der Waals surface area contributed by atoms with Crippen LogP contribution in [0.25, 0.3) is 0 Å². The summed E-state index contributed by atoms with van der Waals surface area (Å²) in [6.45, 7) is 30.6. The van der Waals surface area contributed by atoms with Crippen LogP contribution in [-0.2, 0) is 54.0 Å². The number of halogens is 9. The molecule has 5 aliphatic rings. The minimum atomic E-state index is -4.60. The Morgan fingerprint density at radius 3 is 1.21 bits per heavy atom. The molecule has 15 rings (SSSR count). The maximum Gasteiger partial charge on any atom is 0.416 e. The molecule has 0 aliphatic carbocycles. The van der Waals surface area contributed by atoms with Crippen molar-refractivity contribution in [3.05, 3.63) is 271 Å². The van der Waals surface area contributed by atoms with Gasteiger partial charge in [0.15, 0.2) is 0 Å². The third kappa shape index (κ3) is 32.0. The number of carbonyl (C=O) groups is 10. The van der Waals surface area contributed by atoms with Gasteiger partial charge in [0.2, 0.25) is 29.5 Å². The number of anilines is 4. The number of thiophene rings is 3. The van der Waals surface area contributed by atoms with E-state index < -0.39 is 77.0 Å². The number of aryl methyl sites for hydroxylation is 2. The van der Waals surface area contributed by atoms with Gasteiger partial charge in [0, 0.05) is 145 Å². The molecular weight excluding hydrogens is 2130 g/mol. The van der Waals surface area contributed by atoms with E-state index in [9.17, 15) is 61.1 Å². The summed E-state index contributed by atoms with van der Waals surface area (Å²) in [5, 5.41) is 14.2. The summed E-state index contributed by atoms with van der Waals surface area (Å²) in [5.41, 5.74) is 1.14. The number of piperazine rings is 4. The molecule has 4 saturated heterocycles. The number of allylic oxidation sites excluding steroid dienone is 1. The van der Waals surface area contributed by atoms with Gasteiger partial charge < -0.3 is 63.7 Å². The first-order valence-electron chi connectivity index (χ1n) is 48.8. The van der Waals surface area contributed by atoms with Gasteiger partial charge in [-0.05, 0) is 268 Å². The third-order valence-corrected chi connectivity index (χ3v) is 29.7. The van der Waals surface area contributed by atoms with E-state index in [1.54, 1.807) is 101 Å². The number of nitrogens with zero attached hydrogens (tertiary/aromatic N) is 10. The first-order chi connectivity index (χ1) is 70.6. The van der Waals surface area contributed by atoms with Gasteiger partial charge in [-0.3, -0.25) is 58.0 Å². The van der Waals surface area contributed by atoms with Gasteiger partial charge in [-0.25, -0.2) is 9.59 Å². The van der Waals surface area contributed by atoms with E-state index >= 15 is 0 Å². The molecule has 5 aliphatic heterocycles. The second kappa shape index (κ2) is 55.9. The molecule has 0 bridgehead atoms. The largest absolute Gasteiger partial charge is 0.457 e. The average molecular weight is 2260 g/mol. The topological polar surface area (TPSA) is 273 Å². The van der Waals surface area contributed by atoms with Crippen molar-refractivity contribution >= 4 is 199 Å². The molecule has 8 heterocycles. The summed E-state index contributed by atoms with van der Waals surface area (Å²) in [4.78, 5) is 153. The van der Waals surface area contributed by atoms with Crippen molar-refractivity contribution in [2.45, 2.75) is 187 Å². The number of rotatable bonds is 27. The Kier molecular flexibility index (Phi) is 45.0. The molecule has 3 unspecified atom stereocenters. The van der Waals surface area contributed by atoms with Crippen LogP contribution in [0.3, 0.4) is 0 Å². The molecule has 10 atom stereocenters. The Hall–Kier alpha value is -11.1. The van der Waals surface area contributed by atoms with E-state index in [0.717, 1.165) is 50.6 Å². The second-order valence-corrected chi connectivity index (χ2v) is 43.5. The van der Waals surface area contributed by atoms with Crippen molar-refractivity contribution in [3.8, 4) is 34.5 Å². The van der Waals surface area contributed by atoms with Crippen LogP contribution < -0.4 is 44.4 Å². The third-order valence-electron chi connectivity index (χ3n) is 24.9. The molecule has 27 nitrogen and oxygen atoms in total. The predicted octanol–water partition coefficient (Wildman–Crippen LogP) is 23.3. The fourth-order valence-corrected chi connectivity index (χ4v) is 22.1. The van der Waals surface area contributed by atoms with E-state index in [4.69, 9.17) is 70.1 Å². The number of amides is 10. The normalized spacial score (nSPS) is 17.8. The molecule has 3 aromatic heterocycles. The summed E-state index contributed by atoms with van der Waals surface area (Å²) < 4.78 is 69.7. The highest BCUT2D eigenvalue weighted by atomic mass is 35.5. The molecule has 10 amide bonds. The van der Waals surface area contributed by atoms with Crippen LogP contribution in [0.1, 0.15) is 144 Å². The van der Waals surface area contributed by atoms with Crippen molar-refractivity contribution in [2.24, 2.45) is 0 Å². The van der Waals surface area contributed by atoms with Gasteiger partial charge in [0.05, 0.1) is 5.56 Å². The Morgan fingerprint density at radius 2 is 0.813 bits per heavy atom. The van der Waals surface area contributed by atoms with Crippen molar-refractivity contribution < 1.29 is 84.8 Å². The smallest absolute Gasteiger partial charge is 0.416 e. The molecule has 0 saturated carbocycles. The lowest BCUT2D eigenvalue weighted by Crippen LogP contribution is -2.62. The van der Waals surface area contributed by atoms with Crippen LogP contribution in [0.5, 0.6) is 34.5 Å². The number of thioether (sulfide) groups is 1. The van der Waals surface area contributed by atoms with Crippen LogP contribution >= 0.6 is 117 Å². The fraction of sp³-hybridized carbons (Fsp3) is 0.400. The van der Waals surface area contributed by atoms with E-state index in [2.05, 4.69) is 17.6 Å². The minimum Gasteiger partial charge on any atom is -0.457 e. The standard InChI is InChI=1S/C31H38ClN3O5S.C31H36ClN3O5S.C26H28ClN3O3S.C22H25ClF3N3O2S.2ClH/c2*1-21-18-24(39-23-10-7-6-8-11-23)13-14-25(21)35(27(36)19-32)28(26-12-9-17-41-26)29(37)33-15-16-34(22(2)20-33)30(38)40-31(3,4)5;1-2-19-18-29(15-14-28-19)26(32)25(23-9-6-16-34-23)30(24(31)17-27)20-10-12-22(13-11-20)33-21-7-4-3-5-8-21;1-13-11-28(12-14(2)27-13)21(31)20(18-8-5-9-32-18)29(19(30)10-23)17-7-4-6-16(15(17)3)22(24,25)26;;/h6-11,13-14,17-18,22,26,28H,12,15-16,19-20H2,1-5H3;6-14,17-18,22,28H,15-16,19-20H2,1-5H3;3-13,16,19,25,28H,2,14-15,17-18H2,1H3;4-9,13-14,20,27H,10-12H2,1-3H3;2*1H/t22-,26?,28+;22-,28-;19-,25?;13-,14+,20?;;/m110.../s1. The second-order valence-electron chi connectivity index (χ2n) is 38.3. The summed E-state index contributed by atoms with van der Waals surface area (Å²) >= 11 is 29.8. The Morgan fingerprint density at radius 1 is 0.427 bits per heavy atom. The quantitative estimate of drug-likeness (QED) is 0.0453. The van der Waals surface area contributed by atoms with Crippen LogP contribution in [0.2, 0.25) is 0 Å². The Labute approximate surface area is 924 Å². The number of hydrogen-bond acceptors (Lipinski definition) is 21. The monoisotopic (exact) mass is 2250 g/mol. The summed E-state index contributed by atoms with van der Waals surface area (Å²) in [6, 6.07) is 57.2. The number of benzene rings is 7. The van der Waals surface area contributed by atoms with Crippen molar-refractivity contribution in [1.29, 1.82) is 0 Å². The first-order valence-corrected chi connectivity index (χ1v) is 54.6. The number of ether oxygens (including phenoxy) is 5. The molecule has 2 N–H and O–H groups in total. The number of nitrogens with one attached hydrogen (secondary N) is 2. The van der Waals surface area contributed by atoms with Gasteiger partial charge in [0.25, 0.3) is 17.7 Å². The molecule has 0 radical (unpaired) electrons. The summed E-state index contributed by atoms with van der Waals surface area (Å²) in [6.07, 6.45) is -1.79. The molecule has 4 fully saturated rings. The lowest BCUT2D eigenvalue weighted by molar-refractivity contribution is -0.138. The van der Waals surface area contributed by atoms with Crippen molar-refractivity contribution in [1.82, 2.24) is 40.0 Å². The van der Waals surface area contributed by atoms with Crippen LogP contribution in [0.15, 0.2) is 234 Å². The van der Waals surface area contributed by atoms with Gasteiger partial charge in [-0.1, -0.05) is 91.9 Å². The molecular formula is C110H129Cl6F3N12O15S4. The minimum absolute atomic E-state index is 0. The zero-order chi connectivity index (χ0) is 107. The highest BCUT2D eigenvalue weighted by molar-refractivity contribution is 8.03. The van der Waals surface area contributed by atoms with Gasteiger partial charge in [0.1, 0.15) is 93.4 Å². The molecule has 10 aromatic rings. The zero-order valence-electron chi connectivity index (χ0n) is 86.0. The SMILES string of the molecule is CC[C@H]1CN(C(=O)C(c2cccs2)N(C(=O)CCl)c2ccc(Oc3ccccc3)cc2)CCN1.Cc1c(N(C(=O)CCl)C(C(=O)N2C[C@@H](C)N[C@@H](C)C2)c2cccs2)cccc1C(F)(F)F.Cc1cc(Oc2ccccc2)ccc1N(C(=O)CCl)[C@@H](C(=O)N1CCN(C(=O)OC(C)(C)C)[C@H](C)C1)c1cccs1.Cc1cc(Oc2ccccc2)ccc1N(C(=O)CCl)[C@H](C(=O)N1CCN(C(=O)OC(C)(C)C)[C@H](C)C1)C1CC=CS1.Cl.Cl. The van der Waals surface area contributed by atoms with Gasteiger partial charge >= 0.3 is 18.4 Å². The maximum atomic E-state index is 14.3. The zero-order valence-corrected chi connectivity index (χ0v) is 93.9. The number of alkyl halides is 7. The van der Waals surface area contributed by atoms with E-state index in [-0.39, 0.29) is 125 Å². The van der Waals surface area contributed by atoms with Crippen LogP contribution in [0, 0.1) is 20.8 Å². The van der Waals surface area contributed by atoms with Gasteiger partial charge in [-0.15, -0.1) is 117 Å². The first kappa shape index (κ1) is 121. The molecule has 806 valence electrons. The molecule has 150 heavy (non-hydrogen) atoms. The Bertz CT molecular complexity index is 6150. The average Bonchev–Trinajstić information content (AvgIpc) is 1.02. The molecule has 0 spiro atoms. The lowest BCUT2D eigenvalue weighted by Gasteiger charge is -2.43. The maximum absolute atomic E-state index is 14.3. The van der Waals surface area contributed by atoms with Crippen molar-refractivity contribution in [2.75, 3.05) is 115 Å². The number of para-hydroxylation sites is 3. The Balaban J connectivity index is 0.000000204.